The first-order valence-electron chi connectivity index (χ1n) is 6.23. The number of unbranched alkanes of at least 4 members (excludes halogenated alkanes) is 1. The third-order valence-corrected chi connectivity index (χ3v) is 4.33. The van der Waals surface area contributed by atoms with Crippen molar-refractivity contribution in [1.29, 1.82) is 0 Å². The third kappa shape index (κ3) is 5.24. The summed E-state index contributed by atoms with van der Waals surface area (Å²) in [5, 5.41) is 10.5. The molecule has 0 saturated heterocycles. The van der Waals surface area contributed by atoms with Crippen molar-refractivity contribution in [3.63, 3.8) is 0 Å². The Morgan fingerprint density at radius 1 is 1.20 bits per heavy atom. The smallest absolute Gasteiger partial charge is 0.258 e. The van der Waals surface area contributed by atoms with Gasteiger partial charge in [0.2, 0.25) is 0 Å². The van der Waals surface area contributed by atoms with Crippen molar-refractivity contribution < 1.29 is 13.3 Å². The summed E-state index contributed by atoms with van der Waals surface area (Å²) in [6.45, 7) is 0.382. The number of non-ortho nitro benzene ring substituents is 1. The number of nitrogens with zero attached hydrogens (tertiary/aromatic N) is 2. The van der Waals surface area contributed by atoms with Crippen LogP contribution in [0.1, 0.15) is 18.4 Å². The third-order valence-electron chi connectivity index (χ3n) is 2.80. The molecule has 0 aromatic heterocycles. The minimum Gasteiger partial charge on any atom is -0.258 e. The molecule has 0 radical (unpaired) electrons. The van der Waals surface area contributed by atoms with Gasteiger partial charge in [0, 0.05) is 32.8 Å². The van der Waals surface area contributed by atoms with Crippen molar-refractivity contribution in [3.05, 3.63) is 39.9 Å². The zero-order valence-corrected chi connectivity index (χ0v) is 12.4. The van der Waals surface area contributed by atoms with Gasteiger partial charge in [0.25, 0.3) is 15.9 Å². The van der Waals surface area contributed by atoms with Gasteiger partial charge in [-0.25, -0.2) is 4.72 Å². The van der Waals surface area contributed by atoms with Crippen molar-refractivity contribution >= 4 is 15.9 Å². The van der Waals surface area contributed by atoms with E-state index in [1.807, 2.05) is 0 Å². The van der Waals surface area contributed by atoms with Gasteiger partial charge < -0.3 is 0 Å². The minimum absolute atomic E-state index is 0.0764. The summed E-state index contributed by atoms with van der Waals surface area (Å²) in [6, 6.07) is 6.40. The van der Waals surface area contributed by atoms with E-state index in [2.05, 4.69) is 4.72 Å². The topological polar surface area (TPSA) is 92.6 Å². The Bertz CT molecular complexity index is 540. The molecular formula is C12H19N3O4S. The van der Waals surface area contributed by atoms with E-state index < -0.39 is 15.1 Å². The number of nitro groups is 1. The minimum atomic E-state index is -3.35. The molecule has 0 amide bonds. The highest BCUT2D eigenvalue weighted by molar-refractivity contribution is 7.87. The predicted octanol–water partition coefficient (Wildman–Crippen LogP) is 1.31. The van der Waals surface area contributed by atoms with Crippen LogP contribution in [0.5, 0.6) is 0 Å². The molecule has 0 fully saturated rings. The molecule has 0 aliphatic rings. The van der Waals surface area contributed by atoms with Gasteiger partial charge >= 0.3 is 0 Å². The normalized spacial score (nSPS) is 11.8. The van der Waals surface area contributed by atoms with Gasteiger partial charge in [-0.05, 0) is 24.8 Å². The molecule has 7 nitrogen and oxygen atoms in total. The lowest BCUT2D eigenvalue weighted by Crippen LogP contribution is -2.36. The molecule has 0 aliphatic heterocycles. The molecule has 1 rings (SSSR count). The Hall–Kier alpha value is -1.51. The van der Waals surface area contributed by atoms with Crippen molar-refractivity contribution in [3.8, 4) is 0 Å². The molecule has 8 heteroatoms. The zero-order chi connectivity index (χ0) is 15.2. The van der Waals surface area contributed by atoms with Gasteiger partial charge in [-0.1, -0.05) is 12.1 Å². The molecule has 0 unspecified atom stereocenters. The van der Waals surface area contributed by atoms with Crippen LogP contribution in [0.4, 0.5) is 5.69 Å². The summed E-state index contributed by atoms with van der Waals surface area (Å²) in [7, 11) is -0.407. The quantitative estimate of drug-likeness (QED) is 0.445. The van der Waals surface area contributed by atoms with Gasteiger partial charge in [-0.3, -0.25) is 10.1 Å². The molecule has 0 saturated carbocycles. The Kier molecular flexibility index (Phi) is 6.05. The van der Waals surface area contributed by atoms with Crippen LogP contribution in [0.3, 0.4) is 0 Å². The second-order valence-corrected chi connectivity index (χ2v) is 6.53. The highest BCUT2D eigenvalue weighted by atomic mass is 32.2. The van der Waals surface area contributed by atoms with Gasteiger partial charge in [-0.15, -0.1) is 0 Å². The highest BCUT2D eigenvalue weighted by Crippen LogP contribution is 2.13. The van der Waals surface area contributed by atoms with E-state index in [0.717, 1.165) is 22.7 Å². The van der Waals surface area contributed by atoms with Crippen LogP contribution in [-0.2, 0) is 16.6 Å². The first-order valence-corrected chi connectivity index (χ1v) is 7.67. The lowest BCUT2D eigenvalue weighted by Gasteiger charge is -2.11. The Morgan fingerprint density at radius 3 is 2.30 bits per heavy atom. The summed E-state index contributed by atoms with van der Waals surface area (Å²) in [4.78, 5) is 10.1. The van der Waals surface area contributed by atoms with Crippen molar-refractivity contribution in [2.75, 3.05) is 20.6 Å². The monoisotopic (exact) mass is 301 g/mol. The summed E-state index contributed by atoms with van der Waals surface area (Å²) in [5.74, 6) is 0. The van der Waals surface area contributed by atoms with E-state index in [1.54, 1.807) is 12.1 Å². The van der Waals surface area contributed by atoms with Crippen molar-refractivity contribution in [2.45, 2.75) is 19.3 Å². The molecule has 0 bridgehead atoms. The van der Waals surface area contributed by atoms with E-state index in [1.165, 1.54) is 26.2 Å². The number of rotatable bonds is 8. The lowest BCUT2D eigenvalue weighted by atomic mass is 10.1. The molecule has 1 aromatic rings. The number of hydrogen-bond donors (Lipinski definition) is 1. The maximum absolute atomic E-state index is 11.4. The average Bonchev–Trinajstić information content (AvgIpc) is 2.38. The number of benzene rings is 1. The largest absolute Gasteiger partial charge is 0.278 e. The van der Waals surface area contributed by atoms with Crippen LogP contribution in [0.25, 0.3) is 0 Å². The number of hydrogen-bond acceptors (Lipinski definition) is 4. The molecule has 112 valence electrons. The predicted molar refractivity (Wildman–Crippen MR) is 76.6 cm³/mol. The van der Waals surface area contributed by atoms with Gasteiger partial charge in [0.15, 0.2) is 0 Å². The molecule has 0 aliphatic carbocycles. The highest BCUT2D eigenvalue weighted by Gasteiger charge is 2.11. The first kappa shape index (κ1) is 16.5. The lowest BCUT2D eigenvalue weighted by molar-refractivity contribution is -0.384. The van der Waals surface area contributed by atoms with E-state index in [-0.39, 0.29) is 5.69 Å². The van der Waals surface area contributed by atoms with E-state index in [0.29, 0.717) is 13.0 Å². The Labute approximate surface area is 118 Å². The summed E-state index contributed by atoms with van der Waals surface area (Å²) < 4.78 is 26.4. The fraction of sp³-hybridized carbons (Fsp3) is 0.500. The summed E-state index contributed by atoms with van der Waals surface area (Å²) >= 11 is 0. The molecule has 0 heterocycles. The van der Waals surface area contributed by atoms with Gasteiger partial charge in [-0.2, -0.15) is 12.7 Å². The molecule has 0 atom stereocenters. The van der Waals surface area contributed by atoms with Crippen LogP contribution < -0.4 is 4.72 Å². The van der Waals surface area contributed by atoms with Crippen LogP contribution >= 0.6 is 0 Å². The van der Waals surface area contributed by atoms with Gasteiger partial charge in [0.1, 0.15) is 0 Å². The molecule has 1 N–H and O–H groups in total. The molecule has 20 heavy (non-hydrogen) atoms. The second kappa shape index (κ2) is 7.32. The fourth-order valence-electron chi connectivity index (χ4n) is 1.57. The van der Waals surface area contributed by atoms with Crippen LogP contribution in [0.2, 0.25) is 0 Å². The number of aryl methyl sites for hydroxylation is 1. The van der Waals surface area contributed by atoms with Crippen LogP contribution in [0.15, 0.2) is 24.3 Å². The summed E-state index contributed by atoms with van der Waals surface area (Å²) in [5.41, 5.74) is 1.08. The van der Waals surface area contributed by atoms with Crippen LogP contribution in [0, 0.1) is 10.1 Å². The van der Waals surface area contributed by atoms with E-state index in [4.69, 9.17) is 0 Å². The zero-order valence-electron chi connectivity index (χ0n) is 11.6. The van der Waals surface area contributed by atoms with E-state index in [9.17, 15) is 18.5 Å². The number of nitrogens with one attached hydrogen (secondary N) is 1. The molecule has 0 spiro atoms. The standard InChI is InChI=1S/C12H19N3O4S/c1-14(2)20(18,19)13-10-4-3-5-11-6-8-12(9-7-11)15(16)17/h6-9,13H,3-5,10H2,1-2H3. The van der Waals surface area contributed by atoms with Gasteiger partial charge in [0.05, 0.1) is 4.92 Å². The Morgan fingerprint density at radius 2 is 1.80 bits per heavy atom. The maximum atomic E-state index is 11.4. The van der Waals surface area contributed by atoms with Crippen molar-refractivity contribution in [2.24, 2.45) is 0 Å². The first-order chi connectivity index (χ1) is 9.33. The number of nitro benzene ring substituents is 1. The summed E-state index contributed by atoms with van der Waals surface area (Å²) in [6.07, 6.45) is 2.29. The van der Waals surface area contributed by atoms with Crippen molar-refractivity contribution in [1.82, 2.24) is 9.03 Å². The molecule has 1 aromatic carbocycles. The average molecular weight is 301 g/mol. The Balaban J connectivity index is 2.30. The SMILES string of the molecule is CN(C)S(=O)(=O)NCCCCc1ccc([N+](=O)[O-])cc1. The maximum Gasteiger partial charge on any atom is 0.278 e. The van der Waals surface area contributed by atoms with Crippen LogP contribution in [-0.4, -0.2) is 38.3 Å². The molecular weight excluding hydrogens is 282 g/mol. The second-order valence-electron chi connectivity index (χ2n) is 4.56. The fourth-order valence-corrected chi connectivity index (χ4v) is 2.23. The van der Waals surface area contributed by atoms with E-state index >= 15 is 0 Å².